The highest BCUT2D eigenvalue weighted by Crippen LogP contribution is 2.28. The quantitative estimate of drug-likeness (QED) is 0.620. The van der Waals surface area contributed by atoms with E-state index < -0.39 is 0 Å². The molecule has 3 aromatic rings. The number of para-hydroxylation sites is 2. The van der Waals surface area contributed by atoms with Gasteiger partial charge in [-0.1, -0.05) is 35.9 Å². The summed E-state index contributed by atoms with van der Waals surface area (Å²) in [7, 11) is 0. The fourth-order valence-corrected chi connectivity index (χ4v) is 2.92. The van der Waals surface area contributed by atoms with E-state index in [0.29, 0.717) is 5.88 Å². The molecule has 0 aliphatic heterocycles. The van der Waals surface area contributed by atoms with E-state index in [2.05, 4.69) is 28.6 Å². The Labute approximate surface area is 128 Å². The van der Waals surface area contributed by atoms with Crippen molar-refractivity contribution in [2.24, 2.45) is 0 Å². The summed E-state index contributed by atoms with van der Waals surface area (Å²) >= 11 is 12.1. The summed E-state index contributed by atoms with van der Waals surface area (Å²) in [4.78, 5) is 4.60. The van der Waals surface area contributed by atoms with E-state index in [0.717, 1.165) is 27.4 Å². The average molecular weight is 305 g/mol. The highest BCUT2D eigenvalue weighted by molar-refractivity contribution is 6.30. The van der Waals surface area contributed by atoms with Gasteiger partial charge in [0.2, 0.25) is 0 Å². The van der Waals surface area contributed by atoms with Gasteiger partial charge in [-0.05, 0) is 36.8 Å². The molecule has 0 saturated heterocycles. The Bertz CT molecular complexity index is 749. The van der Waals surface area contributed by atoms with Gasteiger partial charge in [0.15, 0.2) is 0 Å². The fraction of sp³-hybridized carbons (Fsp3) is 0.188. The minimum absolute atomic E-state index is 0.134. The molecule has 0 aliphatic rings. The molecule has 0 radical (unpaired) electrons. The molecule has 0 aliphatic carbocycles. The molecule has 0 N–H and O–H groups in total. The van der Waals surface area contributed by atoms with E-state index in [4.69, 9.17) is 23.2 Å². The van der Waals surface area contributed by atoms with Gasteiger partial charge in [0, 0.05) is 5.02 Å². The Morgan fingerprint density at radius 3 is 2.70 bits per heavy atom. The summed E-state index contributed by atoms with van der Waals surface area (Å²) in [6.07, 6.45) is 0. The van der Waals surface area contributed by atoms with E-state index in [1.54, 1.807) is 0 Å². The molecule has 1 heterocycles. The van der Waals surface area contributed by atoms with Crippen molar-refractivity contribution in [1.82, 2.24) is 9.55 Å². The van der Waals surface area contributed by atoms with Crippen molar-refractivity contribution in [3.8, 4) is 0 Å². The topological polar surface area (TPSA) is 17.8 Å². The number of nitrogens with zero attached hydrogens (tertiary/aromatic N) is 2. The van der Waals surface area contributed by atoms with Crippen molar-refractivity contribution >= 4 is 34.2 Å². The maximum atomic E-state index is 6.09. The Morgan fingerprint density at radius 1 is 1.15 bits per heavy atom. The highest BCUT2D eigenvalue weighted by atomic mass is 35.5. The second kappa shape index (κ2) is 5.47. The number of fused-ring (bicyclic) bond motifs is 1. The summed E-state index contributed by atoms with van der Waals surface area (Å²) < 4.78 is 2.17. The first-order chi connectivity index (χ1) is 9.70. The Kier molecular flexibility index (Phi) is 3.68. The van der Waals surface area contributed by atoms with Crippen LogP contribution in [0.5, 0.6) is 0 Å². The molecule has 2 aromatic carbocycles. The second-order valence-electron chi connectivity index (χ2n) is 4.75. The normalized spacial score (nSPS) is 12.8. The SMILES string of the molecule is CC(c1cccc(Cl)c1)n1c(CCl)nc2ccccc21. The van der Waals surface area contributed by atoms with E-state index in [-0.39, 0.29) is 6.04 Å². The van der Waals surface area contributed by atoms with Gasteiger partial charge in [-0.3, -0.25) is 0 Å². The van der Waals surface area contributed by atoms with Crippen LogP contribution in [0.25, 0.3) is 11.0 Å². The summed E-state index contributed by atoms with van der Waals surface area (Å²) in [5, 5.41) is 0.742. The third-order valence-corrected chi connectivity index (χ3v) is 3.98. The summed E-state index contributed by atoms with van der Waals surface area (Å²) in [5.41, 5.74) is 3.21. The molecule has 0 bridgehead atoms. The molecule has 1 unspecified atom stereocenters. The van der Waals surface area contributed by atoms with Crippen LogP contribution in [-0.2, 0) is 5.88 Å². The molecule has 102 valence electrons. The van der Waals surface area contributed by atoms with E-state index in [1.807, 2.05) is 36.4 Å². The average Bonchev–Trinajstić information content (AvgIpc) is 2.85. The standard InChI is InChI=1S/C16H14Cl2N2/c1-11(12-5-4-6-13(18)9-12)20-15-8-3-2-7-14(15)19-16(20)10-17/h2-9,11H,10H2,1H3. The molecular weight excluding hydrogens is 291 g/mol. The van der Waals surface area contributed by atoms with Crippen molar-refractivity contribution in [2.45, 2.75) is 18.8 Å². The molecule has 0 spiro atoms. The number of hydrogen-bond acceptors (Lipinski definition) is 1. The molecule has 3 rings (SSSR count). The molecule has 4 heteroatoms. The van der Waals surface area contributed by atoms with Crippen LogP contribution in [0.2, 0.25) is 5.02 Å². The third-order valence-electron chi connectivity index (χ3n) is 3.51. The number of halogens is 2. The first-order valence-electron chi connectivity index (χ1n) is 6.48. The Hall–Kier alpha value is -1.51. The number of aromatic nitrogens is 2. The summed E-state index contributed by atoms with van der Waals surface area (Å²) in [6, 6.07) is 16.1. The Morgan fingerprint density at radius 2 is 1.95 bits per heavy atom. The van der Waals surface area contributed by atoms with Gasteiger partial charge in [0.05, 0.1) is 23.0 Å². The molecule has 0 fully saturated rings. The third kappa shape index (κ3) is 2.30. The molecule has 20 heavy (non-hydrogen) atoms. The van der Waals surface area contributed by atoms with E-state index >= 15 is 0 Å². The first-order valence-corrected chi connectivity index (χ1v) is 7.39. The molecular formula is C16H14Cl2N2. The number of alkyl halides is 1. The second-order valence-corrected chi connectivity index (χ2v) is 5.46. The number of imidazole rings is 1. The lowest BCUT2D eigenvalue weighted by Crippen LogP contribution is -2.09. The molecule has 0 saturated carbocycles. The van der Waals surface area contributed by atoms with Crippen LogP contribution < -0.4 is 0 Å². The minimum Gasteiger partial charge on any atom is -0.320 e. The van der Waals surface area contributed by atoms with Gasteiger partial charge < -0.3 is 4.57 Å². The summed E-state index contributed by atoms with van der Waals surface area (Å²) in [6.45, 7) is 2.13. The van der Waals surface area contributed by atoms with E-state index in [1.165, 1.54) is 0 Å². The van der Waals surface area contributed by atoms with Crippen molar-refractivity contribution in [3.63, 3.8) is 0 Å². The van der Waals surface area contributed by atoms with Gasteiger partial charge in [-0.15, -0.1) is 11.6 Å². The Balaban J connectivity index is 2.17. The molecule has 0 amide bonds. The van der Waals surface area contributed by atoms with Crippen molar-refractivity contribution in [3.05, 3.63) is 64.9 Å². The van der Waals surface area contributed by atoms with Gasteiger partial charge >= 0.3 is 0 Å². The predicted octanol–water partition coefficient (Wildman–Crippen LogP) is 5.04. The lowest BCUT2D eigenvalue weighted by atomic mass is 10.1. The zero-order valence-corrected chi connectivity index (χ0v) is 12.6. The highest BCUT2D eigenvalue weighted by Gasteiger charge is 2.16. The lowest BCUT2D eigenvalue weighted by Gasteiger charge is -2.17. The van der Waals surface area contributed by atoms with Gasteiger partial charge in [0.25, 0.3) is 0 Å². The van der Waals surface area contributed by atoms with Crippen LogP contribution >= 0.6 is 23.2 Å². The van der Waals surface area contributed by atoms with Crippen molar-refractivity contribution in [2.75, 3.05) is 0 Å². The fourth-order valence-electron chi connectivity index (χ4n) is 2.54. The van der Waals surface area contributed by atoms with Crippen LogP contribution in [-0.4, -0.2) is 9.55 Å². The van der Waals surface area contributed by atoms with Crippen molar-refractivity contribution < 1.29 is 0 Å². The van der Waals surface area contributed by atoms with Gasteiger partial charge in [-0.2, -0.15) is 0 Å². The molecule has 1 atom stereocenters. The van der Waals surface area contributed by atoms with Crippen LogP contribution in [0.3, 0.4) is 0 Å². The predicted molar refractivity (Wildman–Crippen MR) is 84.6 cm³/mol. The van der Waals surface area contributed by atoms with Crippen LogP contribution in [0, 0.1) is 0 Å². The lowest BCUT2D eigenvalue weighted by molar-refractivity contribution is 0.634. The van der Waals surface area contributed by atoms with Crippen LogP contribution in [0.1, 0.15) is 24.4 Å². The van der Waals surface area contributed by atoms with Crippen molar-refractivity contribution in [1.29, 1.82) is 0 Å². The molecule has 2 nitrogen and oxygen atoms in total. The zero-order valence-electron chi connectivity index (χ0n) is 11.1. The van der Waals surface area contributed by atoms with E-state index in [9.17, 15) is 0 Å². The summed E-state index contributed by atoms with van der Waals surface area (Å²) in [5.74, 6) is 1.26. The monoisotopic (exact) mass is 304 g/mol. The maximum Gasteiger partial charge on any atom is 0.125 e. The first kappa shape index (κ1) is 13.5. The maximum absolute atomic E-state index is 6.09. The number of benzene rings is 2. The van der Waals surface area contributed by atoms with Crippen LogP contribution in [0.15, 0.2) is 48.5 Å². The van der Waals surface area contributed by atoms with Gasteiger partial charge in [-0.25, -0.2) is 4.98 Å². The van der Waals surface area contributed by atoms with Gasteiger partial charge in [0.1, 0.15) is 5.82 Å². The number of hydrogen-bond donors (Lipinski definition) is 0. The number of rotatable bonds is 3. The smallest absolute Gasteiger partial charge is 0.125 e. The molecule has 1 aromatic heterocycles. The largest absolute Gasteiger partial charge is 0.320 e. The zero-order chi connectivity index (χ0) is 14.1. The minimum atomic E-state index is 0.134. The van der Waals surface area contributed by atoms with Crippen LogP contribution in [0.4, 0.5) is 0 Å².